The number of nitrogens with one attached hydrogen (secondary N) is 1. The first-order valence-corrected chi connectivity index (χ1v) is 6.11. The van der Waals surface area contributed by atoms with Crippen molar-refractivity contribution in [3.05, 3.63) is 27.4 Å². The minimum Gasteiger partial charge on any atom is -0.396 e. The first-order chi connectivity index (χ1) is 7.19. The van der Waals surface area contributed by atoms with Gasteiger partial charge in [0.1, 0.15) is 5.82 Å². The summed E-state index contributed by atoms with van der Waals surface area (Å²) in [6.45, 7) is 3.85. The lowest BCUT2D eigenvalue weighted by Crippen LogP contribution is -2.19. The first-order valence-electron chi connectivity index (χ1n) is 4.96. The Morgan fingerprint density at radius 2 is 2.27 bits per heavy atom. The fourth-order valence-electron chi connectivity index (χ4n) is 1.34. The van der Waals surface area contributed by atoms with Crippen molar-refractivity contribution >= 4 is 11.8 Å². The average Bonchev–Trinajstić information content (AvgIpc) is 2.20. The summed E-state index contributed by atoms with van der Waals surface area (Å²) in [6, 6.07) is 0. The van der Waals surface area contributed by atoms with Crippen molar-refractivity contribution in [3.63, 3.8) is 0 Å². The fourth-order valence-corrected chi connectivity index (χ4v) is 1.88. The van der Waals surface area contributed by atoms with E-state index >= 15 is 0 Å². The van der Waals surface area contributed by atoms with E-state index in [0.29, 0.717) is 17.8 Å². The second-order valence-corrected chi connectivity index (χ2v) is 4.46. The van der Waals surface area contributed by atoms with Crippen LogP contribution in [0.4, 0.5) is 0 Å². The van der Waals surface area contributed by atoms with Gasteiger partial charge in [-0.05, 0) is 12.7 Å². The number of aliphatic hydroxyl groups excluding tert-OH is 1. The van der Waals surface area contributed by atoms with Crippen LogP contribution in [-0.2, 0) is 12.2 Å². The van der Waals surface area contributed by atoms with E-state index in [9.17, 15) is 4.79 Å². The molecule has 2 N–H and O–H groups in total. The van der Waals surface area contributed by atoms with Gasteiger partial charge in [0.25, 0.3) is 5.56 Å². The van der Waals surface area contributed by atoms with Crippen molar-refractivity contribution < 1.29 is 5.11 Å². The van der Waals surface area contributed by atoms with Crippen LogP contribution in [0.15, 0.2) is 4.79 Å². The highest BCUT2D eigenvalue weighted by Gasteiger charge is 2.07. The molecule has 0 aliphatic rings. The van der Waals surface area contributed by atoms with Gasteiger partial charge in [-0.3, -0.25) is 4.79 Å². The molecule has 0 saturated heterocycles. The van der Waals surface area contributed by atoms with Gasteiger partial charge in [-0.25, -0.2) is 4.98 Å². The second-order valence-electron chi connectivity index (χ2n) is 3.19. The first kappa shape index (κ1) is 12.3. The van der Waals surface area contributed by atoms with Crippen molar-refractivity contribution in [1.82, 2.24) is 9.97 Å². The number of aryl methyl sites for hydroxylation is 1. The van der Waals surface area contributed by atoms with Crippen LogP contribution in [0.5, 0.6) is 0 Å². The van der Waals surface area contributed by atoms with E-state index in [1.165, 1.54) is 0 Å². The molecule has 1 rings (SSSR count). The van der Waals surface area contributed by atoms with Crippen LogP contribution in [0, 0.1) is 6.92 Å². The highest BCUT2D eigenvalue weighted by atomic mass is 32.2. The van der Waals surface area contributed by atoms with Crippen molar-refractivity contribution in [2.75, 3.05) is 12.4 Å². The molecule has 1 aromatic heterocycles. The molecule has 0 bridgehead atoms. The zero-order chi connectivity index (χ0) is 11.3. The van der Waals surface area contributed by atoms with Crippen LogP contribution in [0.2, 0.25) is 0 Å². The predicted molar refractivity (Wildman–Crippen MR) is 62.2 cm³/mol. The molecule has 1 aromatic rings. The third-order valence-corrected chi connectivity index (χ3v) is 2.96. The lowest BCUT2D eigenvalue weighted by molar-refractivity contribution is 0.298. The van der Waals surface area contributed by atoms with Crippen LogP contribution in [0.3, 0.4) is 0 Å². The fraction of sp³-hybridized carbons (Fsp3) is 0.600. The maximum Gasteiger partial charge on any atom is 0.254 e. The van der Waals surface area contributed by atoms with Crippen LogP contribution in [0.1, 0.15) is 24.0 Å². The van der Waals surface area contributed by atoms with Crippen LogP contribution >= 0.6 is 11.8 Å². The summed E-state index contributed by atoms with van der Waals surface area (Å²) >= 11 is 1.72. The zero-order valence-corrected chi connectivity index (χ0v) is 9.86. The van der Waals surface area contributed by atoms with Gasteiger partial charge in [0.15, 0.2) is 0 Å². The van der Waals surface area contributed by atoms with Gasteiger partial charge in [0.05, 0.1) is 5.75 Å². The standard InChI is InChI=1S/C10H16N2O2S/c1-3-15-6-9-11-7(2)8(4-5-13)10(14)12-9/h13H,3-6H2,1-2H3,(H,11,12,14). The summed E-state index contributed by atoms with van der Waals surface area (Å²) in [5.74, 6) is 2.44. The van der Waals surface area contributed by atoms with Gasteiger partial charge in [-0.15, -0.1) is 0 Å². The molecule has 4 nitrogen and oxygen atoms in total. The normalized spacial score (nSPS) is 10.6. The summed E-state index contributed by atoms with van der Waals surface area (Å²) in [7, 11) is 0. The molecule has 0 unspecified atom stereocenters. The van der Waals surface area contributed by atoms with E-state index in [0.717, 1.165) is 17.2 Å². The Balaban J connectivity index is 2.92. The molecule has 84 valence electrons. The SMILES string of the molecule is CCSCc1nc(C)c(CCO)c(=O)[nH]1. The third kappa shape index (κ3) is 3.35. The molecule has 0 aliphatic carbocycles. The number of rotatable bonds is 5. The van der Waals surface area contributed by atoms with E-state index in [-0.39, 0.29) is 12.2 Å². The van der Waals surface area contributed by atoms with Crippen LogP contribution in [-0.4, -0.2) is 27.4 Å². The number of hydrogen-bond donors (Lipinski definition) is 2. The maximum atomic E-state index is 11.6. The van der Waals surface area contributed by atoms with Crippen molar-refractivity contribution in [2.24, 2.45) is 0 Å². The third-order valence-electron chi connectivity index (χ3n) is 2.08. The number of aromatic amines is 1. The quantitative estimate of drug-likeness (QED) is 0.784. The molecule has 15 heavy (non-hydrogen) atoms. The molecule has 0 amide bonds. The van der Waals surface area contributed by atoms with Crippen LogP contribution in [0.25, 0.3) is 0 Å². The smallest absolute Gasteiger partial charge is 0.254 e. The van der Waals surface area contributed by atoms with Crippen molar-refractivity contribution in [3.8, 4) is 0 Å². The average molecular weight is 228 g/mol. The minimum absolute atomic E-state index is 0.0192. The molecule has 0 aliphatic heterocycles. The van der Waals surface area contributed by atoms with Gasteiger partial charge in [-0.2, -0.15) is 11.8 Å². The Morgan fingerprint density at radius 3 is 2.80 bits per heavy atom. The molecule has 0 atom stereocenters. The summed E-state index contributed by atoms with van der Waals surface area (Å²) in [6.07, 6.45) is 0.370. The lowest BCUT2D eigenvalue weighted by atomic mass is 10.2. The number of nitrogens with zero attached hydrogens (tertiary/aromatic N) is 1. The van der Waals surface area contributed by atoms with Crippen molar-refractivity contribution in [2.45, 2.75) is 26.0 Å². The topological polar surface area (TPSA) is 66.0 Å². The van der Waals surface area contributed by atoms with E-state index in [2.05, 4.69) is 16.9 Å². The van der Waals surface area contributed by atoms with Gasteiger partial charge in [-0.1, -0.05) is 6.92 Å². The molecule has 5 heteroatoms. The molecule has 1 heterocycles. The Bertz CT molecular complexity index is 376. The Morgan fingerprint density at radius 1 is 1.53 bits per heavy atom. The monoisotopic (exact) mass is 228 g/mol. The number of H-pyrrole nitrogens is 1. The summed E-state index contributed by atoms with van der Waals surface area (Å²) in [5, 5.41) is 8.79. The van der Waals surface area contributed by atoms with Crippen molar-refractivity contribution in [1.29, 1.82) is 0 Å². The highest BCUT2D eigenvalue weighted by molar-refractivity contribution is 7.98. The molecule has 0 aromatic carbocycles. The highest BCUT2D eigenvalue weighted by Crippen LogP contribution is 2.07. The largest absolute Gasteiger partial charge is 0.396 e. The number of thioether (sulfide) groups is 1. The number of hydrogen-bond acceptors (Lipinski definition) is 4. The van der Waals surface area contributed by atoms with Gasteiger partial charge < -0.3 is 10.1 Å². The minimum atomic E-state index is -0.122. The molecule has 0 saturated carbocycles. The van der Waals surface area contributed by atoms with Gasteiger partial charge >= 0.3 is 0 Å². The van der Waals surface area contributed by atoms with Gasteiger partial charge in [0, 0.05) is 24.3 Å². The number of aromatic nitrogens is 2. The zero-order valence-electron chi connectivity index (χ0n) is 9.04. The predicted octanol–water partition coefficient (Wildman–Crippen LogP) is 0.866. The Hall–Kier alpha value is -0.810. The molecule has 0 radical (unpaired) electrons. The number of aliphatic hydroxyl groups is 1. The lowest BCUT2D eigenvalue weighted by Gasteiger charge is -2.05. The molecular formula is C10H16N2O2S. The maximum absolute atomic E-state index is 11.6. The Kier molecular flexibility index (Phi) is 4.84. The van der Waals surface area contributed by atoms with E-state index in [1.807, 2.05) is 0 Å². The second kappa shape index (κ2) is 5.92. The van der Waals surface area contributed by atoms with E-state index in [1.54, 1.807) is 18.7 Å². The molecule has 0 spiro atoms. The summed E-state index contributed by atoms with van der Waals surface area (Å²) in [5.41, 5.74) is 1.19. The molecular weight excluding hydrogens is 212 g/mol. The van der Waals surface area contributed by atoms with Gasteiger partial charge in [0.2, 0.25) is 0 Å². The summed E-state index contributed by atoms with van der Waals surface area (Å²) < 4.78 is 0. The van der Waals surface area contributed by atoms with E-state index < -0.39 is 0 Å². The van der Waals surface area contributed by atoms with Crippen LogP contribution < -0.4 is 5.56 Å². The summed E-state index contributed by atoms with van der Waals surface area (Å²) in [4.78, 5) is 18.6. The molecule has 0 fully saturated rings. The van der Waals surface area contributed by atoms with E-state index in [4.69, 9.17) is 5.11 Å². The Labute approximate surface area is 93.1 Å².